The molecule has 0 amide bonds. The van der Waals surface area contributed by atoms with Gasteiger partial charge in [0.05, 0.1) is 25.3 Å². The standard InChI is InChI=1S/C10H12N2O3/c13-10(14)2-1-9-11-5-7-3-4-15-6-8(7)12-9/h5H,1-4,6H2,(H,13,14). The largest absolute Gasteiger partial charge is 0.481 e. The third kappa shape index (κ3) is 2.50. The van der Waals surface area contributed by atoms with Crippen molar-refractivity contribution in [3.05, 3.63) is 23.3 Å². The average Bonchev–Trinajstić information content (AvgIpc) is 2.26. The minimum Gasteiger partial charge on any atom is -0.481 e. The maximum atomic E-state index is 10.4. The van der Waals surface area contributed by atoms with Gasteiger partial charge < -0.3 is 9.84 Å². The van der Waals surface area contributed by atoms with E-state index in [4.69, 9.17) is 9.84 Å². The Labute approximate surface area is 87.1 Å². The van der Waals surface area contributed by atoms with Crippen molar-refractivity contribution < 1.29 is 14.6 Å². The van der Waals surface area contributed by atoms with Gasteiger partial charge in [-0.2, -0.15) is 0 Å². The molecule has 1 aliphatic rings. The summed E-state index contributed by atoms with van der Waals surface area (Å²) in [5.74, 6) is -0.241. The predicted molar refractivity (Wildman–Crippen MR) is 51.3 cm³/mol. The number of aromatic nitrogens is 2. The number of aryl methyl sites for hydroxylation is 1. The Morgan fingerprint density at radius 3 is 3.27 bits per heavy atom. The van der Waals surface area contributed by atoms with Crippen molar-refractivity contribution in [1.82, 2.24) is 9.97 Å². The minimum absolute atomic E-state index is 0.0691. The zero-order valence-electron chi connectivity index (χ0n) is 8.27. The van der Waals surface area contributed by atoms with Crippen LogP contribution in [0.1, 0.15) is 23.5 Å². The van der Waals surface area contributed by atoms with Crippen molar-refractivity contribution in [3.63, 3.8) is 0 Å². The van der Waals surface area contributed by atoms with E-state index in [0.717, 1.165) is 17.7 Å². The zero-order valence-corrected chi connectivity index (χ0v) is 8.27. The van der Waals surface area contributed by atoms with Gasteiger partial charge in [0, 0.05) is 12.6 Å². The molecule has 0 bridgehead atoms. The van der Waals surface area contributed by atoms with Crippen molar-refractivity contribution in [1.29, 1.82) is 0 Å². The van der Waals surface area contributed by atoms with Crippen molar-refractivity contribution in [2.45, 2.75) is 25.9 Å². The predicted octanol–water partition coefficient (Wildman–Crippen LogP) is 0.567. The van der Waals surface area contributed by atoms with E-state index in [1.165, 1.54) is 0 Å². The topological polar surface area (TPSA) is 72.3 Å². The van der Waals surface area contributed by atoms with Crippen LogP contribution >= 0.6 is 0 Å². The SMILES string of the molecule is O=C(O)CCc1ncc2c(n1)COCC2. The molecule has 2 heterocycles. The smallest absolute Gasteiger partial charge is 0.303 e. The number of hydrogen-bond donors (Lipinski definition) is 1. The molecule has 0 spiro atoms. The molecular formula is C10H12N2O3. The van der Waals surface area contributed by atoms with Gasteiger partial charge in [-0.1, -0.05) is 0 Å². The maximum absolute atomic E-state index is 10.4. The Morgan fingerprint density at radius 2 is 2.47 bits per heavy atom. The number of carboxylic acid groups (broad SMARTS) is 1. The van der Waals surface area contributed by atoms with E-state index in [9.17, 15) is 4.79 Å². The number of fused-ring (bicyclic) bond motifs is 1. The Morgan fingerprint density at radius 1 is 1.60 bits per heavy atom. The molecule has 2 rings (SSSR count). The quantitative estimate of drug-likeness (QED) is 0.786. The number of rotatable bonds is 3. The van der Waals surface area contributed by atoms with Crippen LogP contribution in [0.3, 0.4) is 0 Å². The first-order valence-corrected chi connectivity index (χ1v) is 4.89. The van der Waals surface area contributed by atoms with Crippen molar-refractivity contribution in [3.8, 4) is 0 Å². The fourth-order valence-electron chi connectivity index (χ4n) is 1.51. The lowest BCUT2D eigenvalue weighted by atomic mass is 10.1. The molecule has 5 heteroatoms. The fraction of sp³-hybridized carbons (Fsp3) is 0.500. The van der Waals surface area contributed by atoms with E-state index in [1.807, 2.05) is 0 Å². The number of nitrogens with zero attached hydrogens (tertiary/aromatic N) is 2. The molecular weight excluding hydrogens is 196 g/mol. The summed E-state index contributed by atoms with van der Waals surface area (Å²) in [7, 11) is 0. The molecule has 15 heavy (non-hydrogen) atoms. The van der Waals surface area contributed by atoms with E-state index in [0.29, 0.717) is 25.5 Å². The molecule has 0 aromatic carbocycles. The van der Waals surface area contributed by atoms with Crippen LogP contribution in [0, 0.1) is 0 Å². The van der Waals surface area contributed by atoms with Crippen LogP contribution < -0.4 is 0 Å². The van der Waals surface area contributed by atoms with Crippen LogP contribution in [0.4, 0.5) is 0 Å². The van der Waals surface area contributed by atoms with Gasteiger partial charge >= 0.3 is 5.97 Å². The van der Waals surface area contributed by atoms with Crippen molar-refractivity contribution >= 4 is 5.97 Å². The van der Waals surface area contributed by atoms with Crippen LogP contribution in [0.2, 0.25) is 0 Å². The monoisotopic (exact) mass is 208 g/mol. The van der Waals surface area contributed by atoms with Crippen LogP contribution in [-0.2, 0) is 29.0 Å². The first kappa shape index (κ1) is 10.0. The van der Waals surface area contributed by atoms with E-state index >= 15 is 0 Å². The van der Waals surface area contributed by atoms with E-state index in [1.54, 1.807) is 6.20 Å². The Bertz CT molecular complexity index is 379. The number of hydrogen-bond acceptors (Lipinski definition) is 4. The summed E-state index contributed by atoms with van der Waals surface area (Å²) in [5.41, 5.74) is 2.01. The second kappa shape index (κ2) is 4.35. The van der Waals surface area contributed by atoms with Gasteiger partial charge in [-0.15, -0.1) is 0 Å². The lowest BCUT2D eigenvalue weighted by Gasteiger charge is -2.15. The van der Waals surface area contributed by atoms with Gasteiger partial charge in [0.1, 0.15) is 5.82 Å². The summed E-state index contributed by atoms with van der Waals surface area (Å²) >= 11 is 0. The molecule has 1 N–H and O–H groups in total. The Balaban J connectivity index is 2.10. The van der Waals surface area contributed by atoms with Gasteiger partial charge in [0.25, 0.3) is 0 Å². The molecule has 0 fully saturated rings. The molecule has 0 saturated heterocycles. The summed E-state index contributed by atoms with van der Waals surface area (Å²) in [5, 5.41) is 8.53. The third-order valence-corrected chi connectivity index (χ3v) is 2.32. The van der Waals surface area contributed by atoms with E-state index < -0.39 is 5.97 Å². The highest BCUT2D eigenvalue weighted by atomic mass is 16.5. The highest BCUT2D eigenvalue weighted by Crippen LogP contribution is 2.13. The normalized spacial score (nSPS) is 14.7. The van der Waals surface area contributed by atoms with E-state index in [-0.39, 0.29) is 6.42 Å². The lowest BCUT2D eigenvalue weighted by molar-refractivity contribution is -0.137. The maximum Gasteiger partial charge on any atom is 0.303 e. The van der Waals surface area contributed by atoms with Gasteiger partial charge in [-0.05, 0) is 12.0 Å². The van der Waals surface area contributed by atoms with Crippen LogP contribution in [0.25, 0.3) is 0 Å². The number of aliphatic carboxylic acids is 1. The Kier molecular flexibility index (Phi) is 2.91. The molecule has 80 valence electrons. The van der Waals surface area contributed by atoms with Crippen LogP contribution in [-0.4, -0.2) is 27.7 Å². The minimum atomic E-state index is -0.826. The summed E-state index contributed by atoms with van der Waals surface area (Å²) in [6.07, 6.45) is 3.07. The van der Waals surface area contributed by atoms with Gasteiger partial charge in [-0.3, -0.25) is 4.79 Å². The van der Waals surface area contributed by atoms with Gasteiger partial charge in [-0.25, -0.2) is 9.97 Å². The second-order valence-corrected chi connectivity index (χ2v) is 3.45. The van der Waals surface area contributed by atoms with E-state index in [2.05, 4.69) is 9.97 Å². The zero-order chi connectivity index (χ0) is 10.7. The molecule has 1 aliphatic heterocycles. The molecule has 0 aliphatic carbocycles. The second-order valence-electron chi connectivity index (χ2n) is 3.45. The lowest BCUT2D eigenvalue weighted by Crippen LogP contribution is -2.14. The highest BCUT2D eigenvalue weighted by Gasteiger charge is 2.12. The first-order chi connectivity index (χ1) is 7.25. The van der Waals surface area contributed by atoms with Crippen LogP contribution in [0.5, 0.6) is 0 Å². The summed E-state index contributed by atoms with van der Waals surface area (Å²) < 4.78 is 5.27. The number of carboxylic acids is 1. The van der Waals surface area contributed by atoms with Crippen molar-refractivity contribution in [2.24, 2.45) is 0 Å². The molecule has 0 radical (unpaired) electrons. The number of ether oxygens (including phenoxy) is 1. The van der Waals surface area contributed by atoms with Gasteiger partial charge in [0.2, 0.25) is 0 Å². The molecule has 0 saturated carbocycles. The molecule has 1 aromatic heterocycles. The summed E-state index contributed by atoms with van der Waals surface area (Å²) in [6.45, 7) is 1.22. The summed E-state index contributed by atoms with van der Waals surface area (Å²) in [4.78, 5) is 18.8. The molecule has 0 atom stereocenters. The first-order valence-electron chi connectivity index (χ1n) is 4.89. The molecule has 1 aromatic rings. The molecule has 5 nitrogen and oxygen atoms in total. The number of carbonyl (C=O) groups is 1. The third-order valence-electron chi connectivity index (χ3n) is 2.32. The highest BCUT2D eigenvalue weighted by molar-refractivity contribution is 5.66. The molecule has 0 unspecified atom stereocenters. The summed E-state index contributed by atoms with van der Waals surface area (Å²) in [6, 6.07) is 0. The fourth-order valence-corrected chi connectivity index (χ4v) is 1.51. The van der Waals surface area contributed by atoms with Crippen molar-refractivity contribution in [2.75, 3.05) is 6.61 Å². The van der Waals surface area contributed by atoms with Crippen LogP contribution in [0.15, 0.2) is 6.20 Å². The average molecular weight is 208 g/mol. The van der Waals surface area contributed by atoms with Gasteiger partial charge in [0.15, 0.2) is 0 Å². The Hall–Kier alpha value is -1.49.